The molecule has 1 heterocycles. The summed E-state index contributed by atoms with van der Waals surface area (Å²) in [7, 11) is -1.44. The zero-order valence-corrected chi connectivity index (χ0v) is 12.8. The van der Waals surface area contributed by atoms with Crippen molar-refractivity contribution in [3.63, 3.8) is 0 Å². The van der Waals surface area contributed by atoms with Crippen molar-refractivity contribution < 1.29 is 9.16 Å². The molecule has 0 amide bonds. The van der Waals surface area contributed by atoms with Crippen LogP contribution < -0.4 is 0 Å². The van der Waals surface area contributed by atoms with Gasteiger partial charge in [0.1, 0.15) is 6.10 Å². The Morgan fingerprint density at radius 3 is 2.50 bits per heavy atom. The van der Waals surface area contributed by atoms with Gasteiger partial charge in [-0.05, 0) is 45.0 Å². The molecule has 1 fully saturated rings. The molecule has 2 nitrogen and oxygen atoms in total. The van der Waals surface area contributed by atoms with E-state index in [0.717, 1.165) is 12.8 Å². The van der Waals surface area contributed by atoms with E-state index in [1.807, 2.05) is 0 Å². The molecule has 0 aromatic heterocycles. The quantitative estimate of drug-likeness (QED) is 0.578. The van der Waals surface area contributed by atoms with Crippen LogP contribution in [0.4, 0.5) is 0 Å². The zero-order chi connectivity index (χ0) is 13.2. The first-order valence-electron chi connectivity index (χ1n) is 6.83. The largest absolute Gasteiger partial charge is 0.412 e. The lowest BCUT2D eigenvalue weighted by atomic mass is 10.1. The summed E-state index contributed by atoms with van der Waals surface area (Å²) >= 11 is 0. The third-order valence-corrected chi connectivity index (χ3v) is 4.26. The molecule has 1 saturated heterocycles. The van der Waals surface area contributed by atoms with Crippen molar-refractivity contribution >= 4 is 8.32 Å². The summed E-state index contributed by atoms with van der Waals surface area (Å²) in [6.07, 6.45) is 3.17. The summed E-state index contributed by atoms with van der Waals surface area (Å²) in [6, 6.07) is 10.6. The maximum absolute atomic E-state index is 6.06. The molecule has 1 aliphatic heterocycles. The van der Waals surface area contributed by atoms with E-state index in [4.69, 9.17) is 9.16 Å². The molecule has 0 bridgehead atoms. The second-order valence-electron chi connectivity index (χ2n) is 6.10. The van der Waals surface area contributed by atoms with Crippen LogP contribution in [0.2, 0.25) is 19.6 Å². The van der Waals surface area contributed by atoms with Crippen molar-refractivity contribution in [2.24, 2.45) is 0 Å². The van der Waals surface area contributed by atoms with Crippen LogP contribution in [-0.4, -0.2) is 26.6 Å². The number of ether oxygens (including phenoxy) is 1. The Morgan fingerprint density at radius 1 is 1.22 bits per heavy atom. The Balaban J connectivity index is 1.72. The Labute approximate surface area is 111 Å². The van der Waals surface area contributed by atoms with Crippen molar-refractivity contribution in [3.8, 4) is 0 Å². The standard InChI is InChI=1S/C15H24O2Si/c1-12(17-18(2,3)4)15-14(16-15)11-10-13-8-6-5-7-9-13/h5-9,12,14-15H,10-11H2,1-4H3/t12-,14+,15+/m1/s1. The highest BCUT2D eigenvalue weighted by Crippen LogP contribution is 2.32. The molecule has 2 rings (SSSR count). The smallest absolute Gasteiger partial charge is 0.184 e. The molecular formula is C15H24O2Si. The average Bonchev–Trinajstić information content (AvgIpc) is 3.05. The highest BCUT2D eigenvalue weighted by Gasteiger charge is 2.44. The Hall–Kier alpha value is -0.643. The summed E-state index contributed by atoms with van der Waals surface area (Å²) in [5.74, 6) is 0. The molecular weight excluding hydrogens is 240 g/mol. The first-order valence-corrected chi connectivity index (χ1v) is 10.2. The molecule has 0 aliphatic carbocycles. The van der Waals surface area contributed by atoms with Crippen LogP contribution in [0.5, 0.6) is 0 Å². The fourth-order valence-corrected chi connectivity index (χ4v) is 3.63. The highest BCUT2D eigenvalue weighted by molar-refractivity contribution is 6.69. The molecule has 100 valence electrons. The van der Waals surface area contributed by atoms with Crippen LogP contribution in [0.3, 0.4) is 0 Å². The molecule has 0 N–H and O–H groups in total. The van der Waals surface area contributed by atoms with Gasteiger partial charge in [0.05, 0.1) is 12.2 Å². The Morgan fingerprint density at radius 2 is 1.89 bits per heavy atom. The summed E-state index contributed by atoms with van der Waals surface area (Å²) in [4.78, 5) is 0. The number of epoxide rings is 1. The van der Waals surface area contributed by atoms with E-state index >= 15 is 0 Å². The molecule has 1 aromatic rings. The van der Waals surface area contributed by atoms with E-state index < -0.39 is 8.32 Å². The number of hydrogen-bond donors (Lipinski definition) is 0. The van der Waals surface area contributed by atoms with Gasteiger partial charge in [-0.15, -0.1) is 0 Å². The Bertz CT molecular complexity index is 372. The van der Waals surface area contributed by atoms with Crippen LogP contribution in [-0.2, 0) is 15.6 Å². The van der Waals surface area contributed by atoms with Gasteiger partial charge in [-0.25, -0.2) is 0 Å². The SMILES string of the molecule is C[C@@H](O[Si](C)(C)C)[C@@H]1O[C@H]1CCc1ccccc1. The molecule has 1 aromatic carbocycles. The first-order chi connectivity index (χ1) is 8.46. The molecule has 3 atom stereocenters. The van der Waals surface area contributed by atoms with Gasteiger partial charge >= 0.3 is 0 Å². The number of aryl methyl sites for hydroxylation is 1. The van der Waals surface area contributed by atoms with Crippen LogP contribution in [0.1, 0.15) is 18.9 Å². The van der Waals surface area contributed by atoms with E-state index in [1.165, 1.54) is 5.56 Å². The van der Waals surface area contributed by atoms with E-state index in [1.54, 1.807) is 0 Å². The summed E-state index contributed by atoms with van der Waals surface area (Å²) in [6.45, 7) is 8.83. The topological polar surface area (TPSA) is 21.8 Å². The Kier molecular flexibility index (Phi) is 4.25. The molecule has 3 heteroatoms. The second-order valence-corrected chi connectivity index (χ2v) is 10.6. The van der Waals surface area contributed by atoms with Gasteiger partial charge in [0.25, 0.3) is 0 Å². The summed E-state index contributed by atoms with van der Waals surface area (Å²) in [5, 5.41) is 0. The minimum Gasteiger partial charge on any atom is -0.412 e. The number of hydrogen-bond acceptors (Lipinski definition) is 2. The molecule has 0 radical (unpaired) electrons. The van der Waals surface area contributed by atoms with E-state index in [2.05, 4.69) is 56.9 Å². The zero-order valence-electron chi connectivity index (χ0n) is 11.8. The van der Waals surface area contributed by atoms with Crippen LogP contribution >= 0.6 is 0 Å². The molecule has 0 saturated carbocycles. The maximum Gasteiger partial charge on any atom is 0.184 e. The van der Waals surface area contributed by atoms with E-state index in [9.17, 15) is 0 Å². The average molecular weight is 264 g/mol. The van der Waals surface area contributed by atoms with Gasteiger partial charge in [0.2, 0.25) is 0 Å². The second kappa shape index (κ2) is 5.55. The fourth-order valence-electron chi connectivity index (χ4n) is 2.38. The molecule has 1 aliphatic rings. The lowest BCUT2D eigenvalue weighted by molar-refractivity contribution is 0.169. The molecule has 0 spiro atoms. The minimum atomic E-state index is -1.44. The van der Waals surface area contributed by atoms with Crippen LogP contribution in [0, 0.1) is 0 Å². The van der Waals surface area contributed by atoms with Gasteiger partial charge < -0.3 is 9.16 Å². The van der Waals surface area contributed by atoms with Crippen molar-refractivity contribution in [1.29, 1.82) is 0 Å². The van der Waals surface area contributed by atoms with Gasteiger partial charge in [-0.1, -0.05) is 30.3 Å². The summed E-state index contributed by atoms with van der Waals surface area (Å²) < 4.78 is 11.8. The lowest BCUT2D eigenvalue weighted by Crippen LogP contribution is -2.33. The van der Waals surface area contributed by atoms with Gasteiger partial charge in [-0.2, -0.15) is 0 Å². The fraction of sp³-hybridized carbons (Fsp3) is 0.600. The lowest BCUT2D eigenvalue weighted by Gasteiger charge is -2.22. The maximum atomic E-state index is 6.06. The number of benzene rings is 1. The predicted octanol–water partition coefficient (Wildman–Crippen LogP) is 3.63. The monoisotopic (exact) mass is 264 g/mol. The van der Waals surface area contributed by atoms with Crippen molar-refractivity contribution in [2.75, 3.05) is 0 Å². The van der Waals surface area contributed by atoms with Crippen molar-refractivity contribution in [2.45, 2.75) is 57.7 Å². The highest BCUT2D eigenvalue weighted by atomic mass is 28.4. The van der Waals surface area contributed by atoms with E-state index in [-0.39, 0.29) is 6.10 Å². The number of rotatable bonds is 6. The van der Waals surface area contributed by atoms with Gasteiger partial charge in [0.15, 0.2) is 8.32 Å². The van der Waals surface area contributed by atoms with Crippen molar-refractivity contribution in [3.05, 3.63) is 35.9 Å². The molecule has 0 unspecified atom stereocenters. The minimum absolute atomic E-state index is 0.248. The van der Waals surface area contributed by atoms with Crippen molar-refractivity contribution in [1.82, 2.24) is 0 Å². The van der Waals surface area contributed by atoms with Crippen LogP contribution in [0.15, 0.2) is 30.3 Å². The normalized spacial score (nSPS) is 24.9. The van der Waals surface area contributed by atoms with Gasteiger partial charge in [0, 0.05) is 0 Å². The summed E-state index contributed by atoms with van der Waals surface area (Å²) in [5.41, 5.74) is 1.39. The van der Waals surface area contributed by atoms with Crippen LogP contribution in [0.25, 0.3) is 0 Å². The molecule has 18 heavy (non-hydrogen) atoms. The first kappa shape index (κ1) is 13.8. The van der Waals surface area contributed by atoms with Gasteiger partial charge in [-0.3, -0.25) is 0 Å². The third-order valence-electron chi connectivity index (χ3n) is 3.18. The van der Waals surface area contributed by atoms with E-state index in [0.29, 0.717) is 12.2 Å². The predicted molar refractivity (Wildman–Crippen MR) is 77.3 cm³/mol. The third kappa shape index (κ3) is 4.23.